The van der Waals surface area contributed by atoms with Crippen molar-refractivity contribution in [2.75, 3.05) is 0 Å². The second-order valence-corrected chi connectivity index (χ2v) is 5.46. The Morgan fingerprint density at radius 2 is 1.76 bits per heavy atom. The van der Waals surface area contributed by atoms with Gasteiger partial charge in [-0.1, -0.05) is 41.9 Å². The molecule has 108 valence electrons. The molecule has 2 aromatic rings. The molecule has 21 heavy (non-hydrogen) atoms. The van der Waals surface area contributed by atoms with E-state index in [1.165, 1.54) is 0 Å². The molecular formula is C16H16ClN3O. The molecule has 1 aliphatic rings. The number of hydrazine groups is 1. The minimum absolute atomic E-state index is 0.0772. The summed E-state index contributed by atoms with van der Waals surface area (Å²) in [5.74, 6) is -0.0772. The van der Waals surface area contributed by atoms with E-state index >= 15 is 0 Å². The SMILES string of the molecule is O=C(NC1CC(c2ccc(Cl)cc2)NN1)c1ccccc1. The Labute approximate surface area is 128 Å². The van der Waals surface area contributed by atoms with Crippen LogP contribution in [0.3, 0.4) is 0 Å². The smallest absolute Gasteiger partial charge is 0.252 e. The zero-order valence-electron chi connectivity index (χ0n) is 11.3. The number of halogens is 1. The number of carbonyl (C=O) groups excluding carboxylic acids is 1. The lowest BCUT2D eigenvalue weighted by Crippen LogP contribution is -2.44. The van der Waals surface area contributed by atoms with Crippen molar-refractivity contribution in [2.24, 2.45) is 0 Å². The molecule has 0 saturated carbocycles. The van der Waals surface area contributed by atoms with Crippen molar-refractivity contribution in [3.8, 4) is 0 Å². The van der Waals surface area contributed by atoms with Crippen LogP contribution in [0, 0.1) is 0 Å². The summed E-state index contributed by atoms with van der Waals surface area (Å²) in [4.78, 5) is 12.1. The third-order valence-corrected chi connectivity index (χ3v) is 3.77. The minimum Gasteiger partial charge on any atom is -0.335 e. The van der Waals surface area contributed by atoms with Gasteiger partial charge in [0.15, 0.2) is 0 Å². The molecule has 0 radical (unpaired) electrons. The van der Waals surface area contributed by atoms with E-state index in [-0.39, 0.29) is 18.1 Å². The molecule has 0 aliphatic carbocycles. The van der Waals surface area contributed by atoms with Gasteiger partial charge in [-0.15, -0.1) is 0 Å². The number of benzene rings is 2. The van der Waals surface area contributed by atoms with E-state index in [9.17, 15) is 4.79 Å². The van der Waals surface area contributed by atoms with Gasteiger partial charge in [0.1, 0.15) is 0 Å². The maximum absolute atomic E-state index is 12.1. The van der Waals surface area contributed by atoms with Crippen molar-refractivity contribution >= 4 is 17.5 Å². The molecule has 3 rings (SSSR count). The number of nitrogens with one attached hydrogen (secondary N) is 3. The highest BCUT2D eigenvalue weighted by Gasteiger charge is 2.26. The summed E-state index contributed by atoms with van der Waals surface area (Å²) >= 11 is 5.89. The third-order valence-electron chi connectivity index (χ3n) is 3.52. The molecule has 2 atom stereocenters. The highest BCUT2D eigenvalue weighted by atomic mass is 35.5. The fourth-order valence-electron chi connectivity index (χ4n) is 2.40. The van der Waals surface area contributed by atoms with Crippen molar-refractivity contribution in [1.29, 1.82) is 0 Å². The van der Waals surface area contributed by atoms with Gasteiger partial charge in [0.2, 0.25) is 0 Å². The van der Waals surface area contributed by atoms with Crippen LogP contribution in [0.5, 0.6) is 0 Å². The van der Waals surface area contributed by atoms with Crippen molar-refractivity contribution in [2.45, 2.75) is 18.6 Å². The quantitative estimate of drug-likeness (QED) is 0.817. The van der Waals surface area contributed by atoms with Crippen molar-refractivity contribution in [1.82, 2.24) is 16.2 Å². The van der Waals surface area contributed by atoms with Crippen molar-refractivity contribution < 1.29 is 4.79 Å². The van der Waals surface area contributed by atoms with E-state index in [1.54, 1.807) is 12.1 Å². The molecule has 2 aromatic carbocycles. The average molecular weight is 302 g/mol. The predicted molar refractivity (Wildman–Crippen MR) is 82.8 cm³/mol. The zero-order chi connectivity index (χ0) is 14.7. The molecule has 4 nitrogen and oxygen atoms in total. The second kappa shape index (κ2) is 6.26. The van der Waals surface area contributed by atoms with Gasteiger partial charge in [-0.3, -0.25) is 4.79 Å². The standard InChI is InChI=1S/C16H16ClN3O/c17-13-8-6-11(7-9-13)14-10-15(20-19-14)18-16(21)12-4-2-1-3-5-12/h1-9,14-15,19-20H,10H2,(H,18,21). The maximum atomic E-state index is 12.1. The molecule has 0 bridgehead atoms. The maximum Gasteiger partial charge on any atom is 0.252 e. The lowest BCUT2D eigenvalue weighted by Gasteiger charge is -2.12. The Kier molecular flexibility index (Phi) is 4.20. The number of rotatable bonds is 3. The predicted octanol–water partition coefficient (Wildman–Crippen LogP) is 2.64. The summed E-state index contributed by atoms with van der Waals surface area (Å²) in [6.45, 7) is 0. The van der Waals surface area contributed by atoms with E-state index in [0.717, 1.165) is 17.0 Å². The number of hydrogen-bond acceptors (Lipinski definition) is 3. The van der Waals surface area contributed by atoms with Gasteiger partial charge < -0.3 is 5.32 Å². The summed E-state index contributed by atoms with van der Waals surface area (Å²) < 4.78 is 0. The van der Waals surface area contributed by atoms with Gasteiger partial charge >= 0.3 is 0 Å². The van der Waals surface area contributed by atoms with Crippen molar-refractivity contribution in [3.05, 3.63) is 70.7 Å². The first-order chi connectivity index (χ1) is 10.2. The van der Waals surface area contributed by atoms with Gasteiger partial charge in [0.05, 0.1) is 6.17 Å². The summed E-state index contributed by atoms with van der Waals surface area (Å²) in [6.07, 6.45) is 0.679. The van der Waals surface area contributed by atoms with Gasteiger partial charge in [-0.2, -0.15) is 0 Å². The molecular weight excluding hydrogens is 286 g/mol. The first kappa shape index (κ1) is 14.1. The fourth-order valence-corrected chi connectivity index (χ4v) is 2.52. The first-order valence-electron chi connectivity index (χ1n) is 6.85. The van der Waals surface area contributed by atoms with E-state index < -0.39 is 0 Å². The van der Waals surface area contributed by atoms with Crippen LogP contribution in [0.25, 0.3) is 0 Å². The second-order valence-electron chi connectivity index (χ2n) is 5.02. The Hall–Kier alpha value is -1.88. The monoisotopic (exact) mass is 301 g/mol. The van der Waals surface area contributed by atoms with Crippen LogP contribution in [0.4, 0.5) is 0 Å². The summed E-state index contributed by atoms with van der Waals surface area (Å²) in [6, 6.07) is 17.1. The van der Waals surface area contributed by atoms with Gasteiger partial charge in [0, 0.05) is 23.0 Å². The van der Waals surface area contributed by atoms with Crippen LogP contribution in [-0.4, -0.2) is 12.1 Å². The van der Waals surface area contributed by atoms with E-state index in [1.807, 2.05) is 42.5 Å². The van der Waals surface area contributed by atoms with Gasteiger partial charge in [-0.25, -0.2) is 10.9 Å². The molecule has 5 heteroatoms. The largest absolute Gasteiger partial charge is 0.335 e. The first-order valence-corrected chi connectivity index (χ1v) is 7.22. The minimum atomic E-state index is -0.0987. The summed E-state index contributed by atoms with van der Waals surface area (Å²) in [5.41, 5.74) is 8.10. The Morgan fingerprint density at radius 1 is 1.05 bits per heavy atom. The number of hydrogen-bond donors (Lipinski definition) is 3. The van der Waals surface area contributed by atoms with Crippen LogP contribution in [0.15, 0.2) is 54.6 Å². The van der Waals surface area contributed by atoms with Gasteiger partial charge in [0.25, 0.3) is 5.91 Å². The molecule has 2 unspecified atom stereocenters. The Morgan fingerprint density at radius 3 is 2.48 bits per heavy atom. The van der Waals surface area contributed by atoms with Crippen LogP contribution in [0.1, 0.15) is 28.4 Å². The molecule has 1 amide bonds. The molecule has 1 fully saturated rings. The molecule has 1 saturated heterocycles. The average Bonchev–Trinajstić information content (AvgIpc) is 2.97. The molecule has 1 heterocycles. The summed E-state index contributed by atoms with van der Waals surface area (Å²) in [5, 5.41) is 3.69. The normalized spacial score (nSPS) is 21.2. The molecule has 0 aromatic heterocycles. The van der Waals surface area contributed by atoms with Crippen LogP contribution < -0.4 is 16.2 Å². The number of carbonyl (C=O) groups is 1. The molecule has 1 aliphatic heterocycles. The highest BCUT2D eigenvalue weighted by molar-refractivity contribution is 6.30. The lowest BCUT2D eigenvalue weighted by molar-refractivity contribution is 0.0932. The van der Waals surface area contributed by atoms with Gasteiger partial charge in [-0.05, 0) is 29.8 Å². The zero-order valence-corrected chi connectivity index (χ0v) is 12.1. The Balaban J connectivity index is 1.60. The topological polar surface area (TPSA) is 53.2 Å². The lowest BCUT2D eigenvalue weighted by atomic mass is 10.0. The van der Waals surface area contributed by atoms with Crippen LogP contribution >= 0.6 is 11.6 Å². The fraction of sp³-hybridized carbons (Fsp3) is 0.188. The number of amides is 1. The van der Waals surface area contributed by atoms with Crippen LogP contribution in [-0.2, 0) is 0 Å². The van der Waals surface area contributed by atoms with E-state index in [0.29, 0.717) is 5.56 Å². The molecule has 0 spiro atoms. The third kappa shape index (κ3) is 3.42. The summed E-state index contributed by atoms with van der Waals surface area (Å²) in [7, 11) is 0. The van der Waals surface area contributed by atoms with E-state index in [4.69, 9.17) is 11.6 Å². The highest BCUT2D eigenvalue weighted by Crippen LogP contribution is 2.22. The van der Waals surface area contributed by atoms with Crippen molar-refractivity contribution in [3.63, 3.8) is 0 Å². The van der Waals surface area contributed by atoms with E-state index in [2.05, 4.69) is 16.2 Å². The molecule has 3 N–H and O–H groups in total. The van der Waals surface area contributed by atoms with Crippen LogP contribution in [0.2, 0.25) is 5.02 Å². The Bertz CT molecular complexity index is 615.